The summed E-state index contributed by atoms with van der Waals surface area (Å²) in [5.74, 6) is -3.55. The average Bonchev–Trinajstić information content (AvgIpc) is 4.22. The molecule has 8 rings (SSSR count). The number of nitrogens with zero attached hydrogens (tertiary/aromatic N) is 8. The Morgan fingerprint density at radius 1 is 0.831 bits per heavy atom. The van der Waals surface area contributed by atoms with Crippen molar-refractivity contribution in [2.45, 2.75) is 83.5 Å². The number of imidazole rings is 1. The first-order valence-corrected chi connectivity index (χ1v) is 27.5. The number of carbonyl (C=O) groups excluding carboxylic acids is 6. The van der Waals surface area contributed by atoms with Crippen molar-refractivity contribution in [3.63, 3.8) is 0 Å². The Balaban J connectivity index is 0.755. The third-order valence-corrected chi connectivity index (χ3v) is 13.4. The van der Waals surface area contributed by atoms with E-state index in [0.29, 0.717) is 35.4 Å². The summed E-state index contributed by atoms with van der Waals surface area (Å²) in [6.45, 7) is -1.52. The van der Waals surface area contributed by atoms with Gasteiger partial charge in [0.25, 0.3) is 5.56 Å². The van der Waals surface area contributed by atoms with Gasteiger partial charge in [0.15, 0.2) is 11.2 Å². The van der Waals surface area contributed by atoms with Crippen molar-refractivity contribution in [3.8, 4) is 22.5 Å². The average molecular weight is 1100 g/mol. The fourth-order valence-corrected chi connectivity index (χ4v) is 9.32. The number of hydrogen-bond donors (Lipinski definition) is 7. The van der Waals surface area contributed by atoms with E-state index in [0.717, 1.165) is 22.4 Å². The highest BCUT2D eigenvalue weighted by molar-refractivity contribution is 8.44. The van der Waals surface area contributed by atoms with Crippen molar-refractivity contribution in [3.05, 3.63) is 113 Å². The number of amides is 6. The summed E-state index contributed by atoms with van der Waals surface area (Å²) in [5, 5.41) is 21.5. The number of rotatable bonds is 23. The fraction of sp³-hybridized carbons (Fsp3) is 0.380. The zero-order valence-corrected chi connectivity index (χ0v) is 43.9. The molecule has 3 aromatic heterocycles. The first-order chi connectivity index (χ1) is 37.0. The highest BCUT2D eigenvalue weighted by atomic mass is 32.7. The molecule has 1 fully saturated rings. The molecule has 2 aliphatic rings. The first kappa shape index (κ1) is 55.6. The van der Waals surface area contributed by atoms with E-state index in [1.165, 1.54) is 17.2 Å². The Bertz CT molecular complexity index is 3240. The number of para-hydroxylation sites is 1. The van der Waals surface area contributed by atoms with Crippen LogP contribution in [-0.2, 0) is 66.8 Å². The van der Waals surface area contributed by atoms with Crippen LogP contribution in [-0.4, -0.2) is 126 Å². The molecule has 77 heavy (non-hydrogen) atoms. The van der Waals surface area contributed by atoms with Crippen molar-refractivity contribution < 1.29 is 52.2 Å². The van der Waals surface area contributed by atoms with Crippen LogP contribution in [0, 0.1) is 0 Å². The molecule has 2 aliphatic heterocycles. The van der Waals surface area contributed by atoms with Gasteiger partial charge in [-0.2, -0.15) is 0 Å². The lowest BCUT2D eigenvalue weighted by Gasteiger charge is -2.29. The quantitative estimate of drug-likeness (QED) is 0.0210. The van der Waals surface area contributed by atoms with Crippen LogP contribution in [0.15, 0.2) is 96.3 Å². The molecule has 0 saturated carbocycles. The van der Waals surface area contributed by atoms with E-state index in [1.807, 2.05) is 67.1 Å². The van der Waals surface area contributed by atoms with Gasteiger partial charge < -0.3 is 45.9 Å². The molecule has 1 saturated heterocycles. The normalized spacial score (nSPS) is 16.0. The number of nitrogens with one attached hydrogen (secondary N) is 5. The number of aromatic nitrogens is 7. The van der Waals surface area contributed by atoms with Crippen LogP contribution in [0.3, 0.4) is 0 Å². The highest BCUT2D eigenvalue weighted by Crippen LogP contribution is 2.47. The summed E-state index contributed by atoms with van der Waals surface area (Å²) in [7, 11) is 0. The lowest BCUT2D eigenvalue weighted by atomic mass is 9.95. The Kier molecular flexibility index (Phi) is 18.4. The number of benzene rings is 3. The Hall–Kier alpha value is -7.61. The predicted octanol–water partition coefficient (Wildman–Crippen LogP) is 2.32. The molecule has 6 N–H and O–H groups in total. The molecule has 0 bridgehead atoms. The van der Waals surface area contributed by atoms with E-state index >= 15 is 0 Å². The first-order valence-electron chi connectivity index (χ1n) is 24.7. The van der Waals surface area contributed by atoms with Crippen LogP contribution in [0.4, 0.5) is 5.69 Å². The van der Waals surface area contributed by atoms with Crippen LogP contribution in [0.2, 0.25) is 0 Å². The number of hydrogen-bond acceptors (Lipinski definition) is 15. The molecular formula is C50H58N13O12PS. The Morgan fingerprint density at radius 2 is 1.53 bits per heavy atom. The lowest BCUT2D eigenvalue weighted by Crippen LogP contribution is -2.52. The summed E-state index contributed by atoms with van der Waals surface area (Å²) in [4.78, 5) is 112. The molecule has 27 heteroatoms. The number of carbonyl (C=O) groups is 6. The summed E-state index contributed by atoms with van der Waals surface area (Å²) in [6.07, 6.45) is 2.54. The number of ether oxygens (including phenoxy) is 2. The van der Waals surface area contributed by atoms with Crippen LogP contribution < -0.4 is 37.0 Å². The van der Waals surface area contributed by atoms with Gasteiger partial charge in [0.2, 0.25) is 35.4 Å². The van der Waals surface area contributed by atoms with E-state index in [4.69, 9.17) is 14.0 Å². The smallest absolute Gasteiger partial charge is 0.359 e. The zero-order valence-electron chi connectivity index (χ0n) is 42.1. The van der Waals surface area contributed by atoms with Crippen molar-refractivity contribution >= 4 is 71.3 Å². The third kappa shape index (κ3) is 14.5. The van der Waals surface area contributed by atoms with Crippen molar-refractivity contribution in [1.29, 1.82) is 0 Å². The SMILES string of the molecule is CC(C)n1nnc2c1-c1ccccc1N(C(=O)CCC(=O)NCC(=O)NCC(=O)N[C@@H](Cc1ccccc1)C(=O)NCC(=O)NCOCCn1cnc3c(ncn3[C@H]3CC[C@@H](COP(=O)(O)S)O3)c1=O)Cc1ccccc1-2. The summed E-state index contributed by atoms with van der Waals surface area (Å²) >= 11 is 3.51. The van der Waals surface area contributed by atoms with Gasteiger partial charge in [-0.05, 0) is 43.9 Å². The zero-order chi connectivity index (χ0) is 54.6. The summed E-state index contributed by atoms with van der Waals surface area (Å²) < 4.78 is 32.4. The minimum atomic E-state index is -3.96. The molecular weight excluding hydrogens is 1040 g/mol. The van der Waals surface area contributed by atoms with Crippen molar-refractivity contribution in [2.75, 3.05) is 44.5 Å². The molecule has 406 valence electrons. The maximum atomic E-state index is 14.0. The van der Waals surface area contributed by atoms with E-state index in [-0.39, 0.29) is 69.8 Å². The van der Waals surface area contributed by atoms with Crippen LogP contribution >= 0.6 is 19.0 Å². The molecule has 25 nitrogen and oxygen atoms in total. The standard InChI is InChI=1S/C50H58N13O12PS/c1-31(2)63-47-36-14-8-9-15-38(36)61(26-33-12-6-7-13-35(33)45(47)58-59-63)43(68)18-17-39(64)51-23-40(65)52-25-42(67)57-37(22-32-10-4-3-5-11-32)49(69)53-24-41(66)56-30-73-21-20-60-28-55-48-46(50(60)70)54-29-62(48)44-19-16-34(75-44)27-74-76(71,72)77/h3-15,28-29,31,34,37,44H,16-27,30H2,1-2H3,(H,51,64)(H,52,65)(H,53,69)(H,56,66)(H,57,67)(H2,71,72,77)/t34-,37-,44+/m0/s1. The second-order valence-electron chi connectivity index (χ2n) is 18.4. The summed E-state index contributed by atoms with van der Waals surface area (Å²) in [5.41, 5.74) is 5.27. The molecule has 6 aromatic rings. The van der Waals surface area contributed by atoms with Gasteiger partial charge >= 0.3 is 6.80 Å². The van der Waals surface area contributed by atoms with Crippen LogP contribution in [0.1, 0.15) is 62.9 Å². The van der Waals surface area contributed by atoms with Gasteiger partial charge in [-0.15, -0.1) is 5.10 Å². The molecule has 1 unspecified atom stereocenters. The van der Waals surface area contributed by atoms with Crippen molar-refractivity contribution in [1.82, 2.24) is 60.7 Å². The fourth-order valence-electron chi connectivity index (χ4n) is 8.76. The van der Waals surface area contributed by atoms with Gasteiger partial charge in [-0.1, -0.05) is 90.3 Å². The number of fused-ring (bicyclic) bond motifs is 6. The number of anilines is 1. The van der Waals surface area contributed by atoms with Crippen LogP contribution in [0.5, 0.6) is 0 Å². The topological polar surface area (TPSA) is 314 Å². The molecule has 0 spiro atoms. The van der Waals surface area contributed by atoms with Gasteiger partial charge in [0, 0.05) is 36.4 Å². The highest BCUT2D eigenvalue weighted by Gasteiger charge is 2.32. The molecule has 6 amide bonds. The van der Waals surface area contributed by atoms with E-state index < -0.39 is 79.9 Å². The maximum absolute atomic E-state index is 14.0. The second-order valence-corrected chi connectivity index (χ2v) is 21.1. The largest absolute Gasteiger partial charge is 0.383 e. The maximum Gasteiger partial charge on any atom is 0.383 e. The Morgan fingerprint density at radius 3 is 2.31 bits per heavy atom. The second kappa shape index (κ2) is 25.5. The summed E-state index contributed by atoms with van der Waals surface area (Å²) in [6, 6.07) is 22.8. The monoisotopic (exact) mass is 1100 g/mol. The minimum Gasteiger partial charge on any atom is -0.359 e. The van der Waals surface area contributed by atoms with E-state index in [9.17, 15) is 43.0 Å². The predicted molar refractivity (Wildman–Crippen MR) is 281 cm³/mol. The van der Waals surface area contributed by atoms with Gasteiger partial charge in [-0.3, -0.25) is 47.2 Å². The third-order valence-electron chi connectivity index (χ3n) is 12.6. The molecule has 4 atom stereocenters. The number of thiol groups is 1. The molecule has 0 aliphatic carbocycles. The Labute approximate surface area is 446 Å². The van der Waals surface area contributed by atoms with Gasteiger partial charge in [0.05, 0.1) is 69.8 Å². The molecule has 3 aromatic carbocycles. The minimum absolute atomic E-state index is 0.000673. The van der Waals surface area contributed by atoms with E-state index in [2.05, 4.69) is 59.1 Å². The van der Waals surface area contributed by atoms with E-state index in [1.54, 1.807) is 39.8 Å². The van der Waals surface area contributed by atoms with Gasteiger partial charge in [0.1, 0.15) is 31.0 Å². The van der Waals surface area contributed by atoms with Crippen molar-refractivity contribution in [2.24, 2.45) is 0 Å². The van der Waals surface area contributed by atoms with Gasteiger partial charge in [-0.25, -0.2) is 19.2 Å². The molecule has 0 radical (unpaired) electrons. The van der Waals surface area contributed by atoms with Crippen LogP contribution in [0.25, 0.3) is 33.7 Å². The lowest BCUT2D eigenvalue weighted by molar-refractivity contribution is -0.131. The molecule has 5 heterocycles.